The molecule has 2 aliphatic heterocycles. The van der Waals surface area contributed by atoms with Gasteiger partial charge in [-0.15, -0.1) is 0 Å². The van der Waals surface area contributed by atoms with Gasteiger partial charge in [-0.1, -0.05) is 0 Å². The van der Waals surface area contributed by atoms with Crippen LogP contribution in [0.2, 0.25) is 0 Å². The number of nitrogens with one attached hydrogen (secondary N) is 1. The second-order valence-electron chi connectivity index (χ2n) is 4.47. The maximum atomic E-state index is 11.0. The van der Waals surface area contributed by atoms with Gasteiger partial charge in [0.2, 0.25) is 0 Å². The summed E-state index contributed by atoms with van der Waals surface area (Å²) in [5.41, 5.74) is 0. The van der Waals surface area contributed by atoms with E-state index in [1.165, 1.54) is 0 Å². The first-order valence-electron chi connectivity index (χ1n) is 5.59. The Kier molecular flexibility index (Phi) is 3.23. The fraction of sp³-hybridized carbons (Fsp3) is 0.900. The Bertz CT molecular complexity index is 239. The summed E-state index contributed by atoms with van der Waals surface area (Å²) in [6.45, 7) is 3.82. The first-order chi connectivity index (χ1) is 7.18. The zero-order valence-corrected chi connectivity index (χ0v) is 9.15. The van der Waals surface area contributed by atoms with Crippen molar-refractivity contribution < 1.29 is 9.90 Å². The predicted molar refractivity (Wildman–Crippen MR) is 56.7 cm³/mol. The zero-order valence-electron chi connectivity index (χ0n) is 9.15. The van der Waals surface area contributed by atoms with Gasteiger partial charge < -0.3 is 10.0 Å². The SMILES string of the molecule is CN1CCC(N2CCN[C@H]2C(=O)O)CC1. The van der Waals surface area contributed by atoms with Crippen LogP contribution >= 0.6 is 0 Å². The summed E-state index contributed by atoms with van der Waals surface area (Å²) in [6.07, 6.45) is 1.71. The average Bonchev–Trinajstić information content (AvgIpc) is 2.67. The number of rotatable bonds is 2. The third-order valence-corrected chi connectivity index (χ3v) is 3.43. The minimum Gasteiger partial charge on any atom is -0.479 e. The molecule has 0 amide bonds. The van der Waals surface area contributed by atoms with Gasteiger partial charge in [0.15, 0.2) is 6.17 Å². The molecular weight excluding hydrogens is 194 g/mol. The summed E-state index contributed by atoms with van der Waals surface area (Å²) in [6, 6.07) is 0.442. The maximum absolute atomic E-state index is 11.0. The molecule has 2 heterocycles. The number of hydrogen-bond donors (Lipinski definition) is 2. The number of carboxylic acid groups (broad SMARTS) is 1. The number of nitrogens with zero attached hydrogens (tertiary/aromatic N) is 2. The van der Waals surface area contributed by atoms with Crippen molar-refractivity contribution in [2.75, 3.05) is 33.2 Å². The lowest BCUT2D eigenvalue weighted by atomic mass is 10.0. The molecule has 0 aromatic carbocycles. The lowest BCUT2D eigenvalue weighted by Gasteiger charge is -2.36. The lowest BCUT2D eigenvalue weighted by Crippen LogP contribution is -2.51. The maximum Gasteiger partial charge on any atom is 0.335 e. The zero-order chi connectivity index (χ0) is 10.8. The van der Waals surface area contributed by atoms with Gasteiger partial charge >= 0.3 is 5.97 Å². The fourth-order valence-electron chi connectivity index (χ4n) is 2.53. The minimum absolute atomic E-state index is 0.442. The molecule has 86 valence electrons. The van der Waals surface area contributed by atoms with Crippen LogP contribution in [0.1, 0.15) is 12.8 Å². The quantitative estimate of drug-likeness (QED) is 0.641. The van der Waals surface area contributed by atoms with Crippen molar-refractivity contribution in [3.8, 4) is 0 Å². The van der Waals surface area contributed by atoms with E-state index < -0.39 is 12.1 Å². The second kappa shape index (κ2) is 4.47. The Morgan fingerprint density at radius 3 is 2.60 bits per heavy atom. The highest BCUT2D eigenvalue weighted by Gasteiger charge is 2.35. The number of aliphatic carboxylic acids is 1. The Morgan fingerprint density at radius 2 is 2.00 bits per heavy atom. The van der Waals surface area contributed by atoms with Crippen molar-refractivity contribution >= 4 is 5.97 Å². The van der Waals surface area contributed by atoms with E-state index in [0.29, 0.717) is 6.04 Å². The summed E-state index contributed by atoms with van der Waals surface area (Å²) in [5, 5.41) is 12.1. The molecule has 15 heavy (non-hydrogen) atoms. The van der Waals surface area contributed by atoms with Gasteiger partial charge in [0, 0.05) is 19.1 Å². The van der Waals surface area contributed by atoms with Gasteiger partial charge in [-0.3, -0.25) is 10.2 Å². The Labute approximate surface area is 90.0 Å². The summed E-state index contributed by atoms with van der Waals surface area (Å²) in [7, 11) is 2.12. The standard InChI is InChI=1S/C10H19N3O2/c1-12-5-2-8(3-6-12)13-7-4-11-9(13)10(14)15/h8-9,11H,2-7H2,1H3,(H,14,15)/t9-/m1/s1. The number of carboxylic acids is 1. The van der Waals surface area contributed by atoms with Crippen molar-refractivity contribution in [2.24, 2.45) is 0 Å². The summed E-state index contributed by atoms with van der Waals surface area (Å²) >= 11 is 0. The van der Waals surface area contributed by atoms with Gasteiger partial charge in [-0.05, 0) is 33.0 Å². The van der Waals surface area contributed by atoms with Gasteiger partial charge in [0.1, 0.15) is 0 Å². The van der Waals surface area contributed by atoms with Crippen LogP contribution in [-0.2, 0) is 4.79 Å². The molecule has 2 N–H and O–H groups in total. The molecule has 0 bridgehead atoms. The van der Waals surface area contributed by atoms with E-state index in [2.05, 4.69) is 22.2 Å². The van der Waals surface area contributed by atoms with Gasteiger partial charge in [0.25, 0.3) is 0 Å². The average molecular weight is 213 g/mol. The van der Waals surface area contributed by atoms with E-state index in [9.17, 15) is 4.79 Å². The lowest BCUT2D eigenvalue weighted by molar-refractivity contribution is -0.144. The molecule has 5 nitrogen and oxygen atoms in total. The number of likely N-dealkylation sites (tertiary alicyclic amines) is 1. The first-order valence-corrected chi connectivity index (χ1v) is 5.59. The van der Waals surface area contributed by atoms with Crippen LogP contribution in [0.3, 0.4) is 0 Å². The molecule has 0 aliphatic carbocycles. The predicted octanol–water partition coefficient (Wildman–Crippen LogP) is -0.603. The number of hydrogen-bond acceptors (Lipinski definition) is 4. The van der Waals surface area contributed by atoms with Crippen LogP contribution in [0, 0.1) is 0 Å². The normalized spacial score (nSPS) is 30.9. The molecule has 1 atom stereocenters. The molecule has 0 unspecified atom stereocenters. The smallest absolute Gasteiger partial charge is 0.335 e. The van der Waals surface area contributed by atoms with E-state index >= 15 is 0 Å². The van der Waals surface area contributed by atoms with Crippen LogP contribution < -0.4 is 5.32 Å². The summed E-state index contributed by atoms with van der Waals surface area (Å²) < 4.78 is 0. The monoisotopic (exact) mass is 213 g/mol. The van der Waals surface area contributed by atoms with Gasteiger partial charge in [-0.25, -0.2) is 4.79 Å². The van der Waals surface area contributed by atoms with E-state index in [1.807, 2.05) is 0 Å². The first kappa shape index (κ1) is 10.9. The molecular formula is C10H19N3O2. The molecule has 2 aliphatic rings. The molecule has 0 spiro atoms. The Hall–Kier alpha value is -0.650. The van der Waals surface area contributed by atoms with Crippen LogP contribution in [0.5, 0.6) is 0 Å². The highest BCUT2D eigenvalue weighted by atomic mass is 16.4. The van der Waals surface area contributed by atoms with Crippen LogP contribution in [0.15, 0.2) is 0 Å². The third-order valence-electron chi connectivity index (χ3n) is 3.43. The Morgan fingerprint density at radius 1 is 1.33 bits per heavy atom. The topological polar surface area (TPSA) is 55.8 Å². The van der Waals surface area contributed by atoms with Gasteiger partial charge in [-0.2, -0.15) is 0 Å². The van der Waals surface area contributed by atoms with E-state index in [4.69, 9.17) is 5.11 Å². The second-order valence-corrected chi connectivity index (χ2v) is 4.47. The van der Waals surface area contributed by atoms with E-state index in [1.54, 1.807) is 0 Å². The van der Waals surface area contributed by atoms with Crippen LogP contribution in [0.4, 0.5) is 0 Å². The largest absolute Gasteiger partial charge is 0.479 e. The van der Waals surface area contributed by atoms with Crippen molar-refractivity contribution in [3.05, 3.63) is 0 Å². The minimum atomic E-state index is -0.744. The van der Waals surface area contributed by atoms with Crippen molar-refractivity contribution in [1.82, 2.24) is 15.1 Å². The highest BCUT2D eigenvalue weighted by molar-refractivity contribution is 5.73. The number of piperidine rings is 1. The number of carbonyl (C=O) groups is 1. The van der Waals surface area contributed by atoms with E-state index in [0.717, 1.165) is 39.0 Å². The van der Waals surface area contributed by atoms with Crippen molar-refractivity contribution in [2.45, 2.75) is 25.0 Å². The summed E-state index contributed by atoms with van der Waals surface area (Å²) in [4.78, 5) is 15.4. The summed E-state index contributed by atoms with van der Waals surface area (Å²) in [5.74, 6) is -0.744. The molecule has 2 fully saturated rings. The fourth-order valence-corrected chi connectivity index (χ4v) is 2.53. The van der Waals surface area contributed by atoms with Crippen molar-refractivity contribution in [3.63, 3.8) is 0 Å². The molecule has 5 heteroatoms. The third kappa shape index (κ3) is 2.30. The Balaban J connectivity index is 1.94. The molecule has 2 saturated heterocycles. The van der Waals surface area contributed by atoms with E-state index in [-0.39, 0.29) is 0 Å². The molecule has 0 aromatic heterocycles. The van der Waals surface area contributed by atoms with Crippen LogP contribution in [-0.4, -0.2) is 66.3 Å². The van der Waals surface area contributed by atoms with Gasteiger partial charge in [0.05, 0.1) is 0 Å². The molecule has 2 rings (SSSR count). The highest BCUT2D eigenvalue weighted by Crippen LogP contribution is 2.19. The molecule has 0 saturated carbocycles. The van der Waals surface area contributed by atoms with Crippen molar-refractivity contribution in [1.29, 1.82) is 0 Å². The van der Waals surface area contributed by atoms with Crippen LogP contribution in [0.25, 0.3) is 0 Å². The molecule has 0 radical (unpaired) electrons. The molecule has 0 aromatic rings.